The summed E-state index contributed by atoms with van der Waals surface area (Å²) in [5.74, 6) is -0.385. The molecule has 0 N–H and O–H groups in total. The fourth-order valence-corrected chi connectivity index (χ4v) is 2.74. The summed E-state index contributed by atoms with van der Waals surface area (Å²) in [6.45, 7) is 1.91. The molecule has 0 bridgehead atoms. The summed E-state index contributed by atoms with van der Waals surface area (Å²) in [4.78, 5) is 12.3. The zero-order valence-electron chi connectivity index (χ0n) is 13.9. The van der Waals surface area contributed by atoms with Crippen LogP contribution in [-0.2, 0) is 0 Å². The van der Waals surface area contributed by atoms with E-state index < -0.39 is 5.97 Å². The Morgan fingerprint density at radius 2 is 1.85 bits per heavy atom. The summed E-state index contributed by atoms with van der Waals surface area (Å²) >= 11 is 0. The molecule has 4 aromatic rings. The predicted molar refractivity (Wildman–Crippen MR) is 95.5 cm³/mol. The minimum absolute atomic E-state index is 0.313. The molecule has 0 unspecified atom stereocenters. The highest BCUT2D eigenvalue weighted by Crippen LogP contribution is 2.30. The first kappa shape index (κ1) is 16.0. The predicted octanol–water partition coefficient (Wildman–Crippen LogP) is 5.16. The molecule has 0 spiro atoms. The molecule has 1 heterocycles. The molecule has 4 nitrogen and oxygen atoms in total. The fourth-order valence-electron chi connectivity index (χ4n) is 2.74. The SMILES string of the molecule is Cc1cccc(C(=O)Oc2ccc3c(-c4ccc(F)cc4)noc3c2)c1. The maximum Gasteiger partial charge on any atom is 0.343 e. The number of rotatable bonds is 3. The van der Waals surface area contributed by atoms with E-state index in [1.165, 1.54) is 12.1 Å². The van der Waals surface area contributed by atoms with Crippen LogP contribution >= 0.6 is 0 Å². The maximum atomic E-state index is 13.1. The summed E-state index contributed by atoms with van der Waals surface area (Å²) in [6.07, 6.45) is 0. The zero-order chi connectivity index (χ0) is 18.1. The van der Waals surface area contributed by atoms with Gasteiger partial charge in [0.2, 0.25) is 0 Å². The van der Waals surface area contributed by atoms with E-state index in [0.29, 0.717) is 22.6 Å². The molecule has 0 aliphatic carbocycles. The molecule has 0 aliphatic heterocycles. The van der Waals surface area contributed by atoms with Crippen LogP contribution in [0.2, 0.25) is 0 Å². The molecule has 0 amide bonds. The van der Waals surface area contributed by atoms with Crippen molar-refractivity contribution in [3.05, 3.63) is 83.7 Å². The van der Waals surface area contributed by atoms with Gasteiger partial charge < -0.3 is 9.26 Å². The molecule has 0 atom stereocenters. The summed E-state index contributed by atoms with van der Waals surface area (Å²) in [6, 6.07) is 18.3. The number of carbonyl (C=O) groups is 1. The fraction of sp³-hybridized carbons (Fsp3) is 0.0476. The maximum absolute atomic E-state index is 13.1. The third kappa shape index (κ3) is 3.07. The van der Waals surface area contributed by atoms with Gasteiger partial charge in [-0.05, 0) is 55.5 Å². The number of hydrogen-bond acceptors (Lipinski definition) is 4. The van der Waals surface area contributed by atoms with Crippen LogP contribution in [0.1, 0.15) is 15.9 Å². The van der Waals surface area contributed by atoms with Gasteiger partial charge in [-0.15, -0.1) is 0 Å². The highest BCUT2D eigenvalue weighted by atomic mass is 19.1. The van der Waals surface area contributed by atoms with E-state index in [0.717, 1.165) is 16.5 Å². The average molecular weight is 347 g/mol. The molecule has 4 rings (SSSR count). The summed E-state index contributed by atoms with van der Waals surface area (Å²) in [5, 5.41) is 4.80. The minimum atomic E-state index is -0.439. The van der Waals surface area contributed by atoms with Crippen molar-refractivity contribution in [3.8, 4) is 17.0 Å². The summed E-state index contributed by atoms with van der Waals surface area (Å²) in [5.41, 5.74) is 3.30. The number of aromatic nitrogens is 1. The normalized spacial score (nSPS) is 10.8. The lowest BCUT2D eigenvalue weighted by atomic mass is 10.1. The lowest BCUT2D eigenvalue weighted by Crippen LogP contribution is -2.08. The third-order valence-electron chi connectivity index (χ3n) is 4.03. The van der Waals surface area contributed by atoms with E-state index in [2.05, 4.69) is 5.16 Å². The second-order valence-corrected chi connectivity index (χ2v) is 5.96. The number of nitrogens with zero attached hydrogens (tertiary/aromatic N) is 1. The minimum Gasteiger partial charge on any atom is -0.423 e. The van der Waals surface area contributed by atoms with Gasteiger partial charge in [0.15, 0.2) is 5.58 Å². The molecule has 3 aromatic carbocycles. The number of hydrogen-bond donors (Lipinski definition) is 0. The Labute approximate surface area is 148 Å². The van der Waals surface area contributed by atoms with E-state index in [-0.39, 0.29) is 5.82 Å². The van der Waals surface area contributed by atoms with Crippen LogP contribution in [0.4, 0.5) is 4.39 Å². The molecule has 0 fully saturated rings. The second-order valence-electron chi connectivity index (χ2n) is 5.96. The lowest BCUT2D eigenvalue weighted by molar-refractivity contribution is 0.0735. The summed E-state index contributed by atoms with van der Waals surface area (Å²) in [7, 11) is 0. The van der Waals surface area contributed by atoms with E-state index in [4.69, 9.17) is 9.26 Å². The van der Waals surface area contributed by atoms with Crippen molar-refractivity contribution in [1.29, 1.82) is 0 Å². The highest BCUT2D eigenvalue weighted by molar-refractivity contribution is 5.94. The molecule has 26 heavy (non-hydrogen) atoms. The van der Waals surface area contributed by atoms with Gasteiger partial charge >= 0.3 is 5.97 Å². The first-order chi connectivity index (χ1) is 12.6. The van der Waals surface area contributed by atoms with Gasteiger partial charge in [-0.2, -0.15) is 0 Å². The second kappa shape index (κ2) is 6.44. The Kier molecular flexibility index (Phi) is 3.97. The number of aryl methyl sites for hydroxylation is 1. The Morgan fingerprint density at radius 1 is 1.04 bits per heavy atom. The monoisotopic (exact) mass is 347 g/mol. The van der Waals surface area contributed by atoms with E-state index in [1.807, 2.05) is 13.0 Å². The van der Waals surface area contributed by atoms with Crippen LogP contribution in [0.25, 0.3) is 22.2 Å². The largest absolute Gasteiger partial charge is 0.423 e. The molecule has 128 valence electrons. The van der Waals surface area contributed by atoms with Gasteiger partial charge in [-0.1, -0.05) is 22.9 Å². The molecular formula is C21H14FNO3. The van der Waals surface area contributed by atoms with Crippen molar-refractivity contribution in [3.63, 3.8) is 0 Å². The van der Waals surface area contributed by atoms with Gasteiger partial charge in [0.1, 0.15) is 17.3 Å². The van der Waals surface area contributed by atoms with Gasteiger partial charge in [0.05, 0.1) is 5.56 Å². The van der Waals surface area contributed by atoms with Crippen LogP contribution in [0.3, 0.4) is 0 Å². The van der Waals surface area contributed by atoms with Crippen LogP contribution in [0, 0.1) is 12.7 Å². The van der Waals surface area contributed by atoms with E-state index in [1.54, 1.807) is 48.5 Å². The number of halogens is 1. The van der Waals surface area contributed by atoms with Gasteiger partial charge in [0, 0.05) is 17.0 Å². The smallest absolute Gasteiger partial charge is 0.343 e. The number of benzene rings is 3. The summed E-state index contributed by atoms with van der Waals surface area (Å²) < 4.78 is 23.9. The number of esters is 1. The van der Waals surface area contributed by atoms with Gasteiger partial charge in [-0.25, -0.2) is 9.18 Å². The van der Waals surface area contributed by atoms with Crippen molar-refractivity contribution in [1.82, 2.24) is 5.16 Å². The van der Waals surface area contributed by atoms with Crippen molar-refractivity contribution in [2.24, 2.45) is 0 Å². The highest BCUT2D eigenvalue weighted by Gasteiger charge is 2.14. The zero-order valence-corrected chi connectivity index (χ0v) is 13.9. The van der Waals surface area contributed by atoms with Crippen molar-refractivity contribution >= 4 is 16.9 Å². The molecule has 1 aromatic heterocycles. The Balaban J connectivity index is 1.62. The first-order valence-electron chi connectivity index (χ1n) is 8.04. The number of carbonyl (C=O) groups excluding carboxylic acids is 1. The third-order valence-corrected chi connectivity index (χ3v) is 4.03. The van der Waals surface area contributed by atoms with E-state index in [9.17, 15) is 9.18 Å². The Morgan fingerprint density at radius 3 is 2.62 bits per heavy atom. The van der Waals surface area contributed by atoms with Crippen LogP contribution in [0.5, 0.6) is 5.75 Å². The van der Waals surface area contributed by atoms with Gasteiger partial charge in [0.25, 0.3) is 0 Å². The van der Waals surface area contributed by atoms with Crippen LogP contribution < -0.4 is 4.74 Å². The van der Waals surface area contributed by atoms with Crippen LogP contribution in [-0.4, -0.2) is 11.1 Å². The number of fused-ring (bicyclic) bond motifs is 1. The molecule has 0 saturated carbocycles. The first-order valence-corrected chi connectivity index (χ1v) is 8.04. The lowest BCUT2D eigenvalue weighted by Gasteiger charge is -2.05. The Bertz CT molecular complexity index is 1100. The quantitative estimate of drug-likeness (QED) is 0.379. The molecule has 0 aliphatic rings. The topological polar surface area (TPSA) is 52.3 Å². The standard InChI is InChI=1S/C21H14FNO3/c1-13-3-2-4-15(11-13)21(24)25-17-9-10-18-19(12-17)26-23-20(18)14-5-7-16(22)8-6-14/h2-12H,1H3. The van der Waals surface area contributed by atoms with Crippen molar-refractivity contribution in [2.75, 3.05) is 0 Å². The van der Waals surface area contributed by atoms with Gasteiger partial charge in [-0.3, -0.25) is 0 Å². The molecule has 0 radical (unpaired) electrons. The Hall–Kier alpha value is -3.47. The number of ether oxygens (including phenoxy) is 1. The molecule has 5 heteroatoms. The van der Waals surface area contributed by atoms with E-state index >= 15 is 0 Å². The average Bonchev–Trinajstić information content (AvgIpc) is 3.05. The van der Waals surface area contributed by atoms with Crippen molar-refractivity contribution in [2.45, 2.75) is 6.92 Å². The molecular weight excluding hydrogens is 333 g/mol. The van der Waals surface area contributed by atoms with Crippen LogP contribution in [0.15, 0.2) is 71.3 Å². The van der Waals surface area contributed by atoms with Crippen molar-refractivity contribution < 1.29 is 18.4 Å². The molecule has 0 saturated heterocycles.